The Balaban J connectivity index is 4.04. The molecule has 1 unspecified atom stereocenters. The number of hydrogen-bond acceptors (Lipinski definition) is 1. The molecule has 0 amide bonds. The zero-order valence-electron chi connectivity index (χ0n) is 8.17. The van der Waals surface area contributed by atoms with Gasteiger partial charge in [-0.1, -0.05) is 18.2 Å². The highest BCUT2D eigenvalue weighted by Gasteiger charge is 2.13. The lowest BCUT2D eigenvalue weighted by atomic mass is 9.93. The third-order valence-corrected chi connectivity index (χ3v) is 1.97. The SMILES string of the molecule is C=CCCC(CC=C)C(=O)CC=C. The van der Waals surface area contributed by atoms with Crippen LogP contribution in [-0.2, 0) is 4.79 Å². The molecule has 0 aromatic heterocycles. The Morgan fingerprint density at radius 2 is 1.85 bits per heavy atom. The van der Waals surface area contributed by atoms with Gasteiger partial charge < -0.3 is 0 Å². The summed E-state index contributed by atoms with van der Waals surface area (Å²) < 4.78 is 0. The van der Waals surface area contributed by atoms with Crippen LogP contribution in [0.5, 0.6) is 0 Å². The highest BCUT2D eigenvalue weighted by molar-refractivity contribution is 5.82. The van der Waals surface area contributed by atoms with Crippen LogP contribution in [0.15, 0.2) is 38.0 Å². The van der Waals surface area contributed by atoms with Crippen molar-refractivity contribution in [1.29, 1.82) is 0 Å². The number of ketones is 1. The fourth-order valence-corrected chi connectivity index (χ4v) is 1.24. The van der Waals surface area contributed by atoms with Crippen molar-refractivity contribution in [2.45, 2.75) is 25.7 Å². The van der Waals surface area contributed by atoms with E-state index in [-0.39, 0.29) is 11.7 Å². The summed E-state index contributed by atoms with van der Waals surface area (Å²) in [5.74, 6) is 0.366. The number of carbonyl (C=O) groups excluding carboxylic acids is 1. The van der Waals surface area contributed by atoms with Crippen LogP contribution >= 0.6 is 0 Å². The smallest absolute Gasteiger partial charge is 0.140 e. The summed E-state index contributed by atoms with van der Waals surface area (Å²) in [5.41, 5.74) is 0. The highest BCUT2D eigenvalue weighted by atomic mass is 16.1. The summed E-state index contributed by atoms with van der Waals surface area (Å²) in [6.45, 7) is 10.8. The van der Waals surface area contributed by atoms with Crippen LogP contribution in [0.2, 0.25) is 0 Å². The molecular formula is C12H18O. The molecule has 0 heterocycles. The van der Waals surface area contributed by atoms with Gasteiger partial charge in [0.1, 0.15) is 5.78 Å². The fraction of sp³-hybridized carbons (Fsp3) is 0.417. The average Bonchev–Trinajstić information content (AvgIpc) is 2.12. The maximum absolute atomic E-state index is 11.5. The number of carbonyl (C=O) groups is 1. The monoisotopic (exact) mass is 178 g/mol. The first-order valence-corrected chi connectivity index (χ1v) is 4.61. The normalized spacial score (nSPS) is 11.7. The van der Waals surface area contributed by atoms with E-state index in [0.717, 1.165) is 19.3 Å². The van der Waals surface area contributed by atoms with Gasteiger partial charge in [0.25, 0.3) is 0 Å². The maximum Gasteiger partial charge on any atom is 0.140 e. The fourth-order valence-electron chi connectivity index (χ4n) is 1.24. The molecule has 1 atom stereocenters. The largest absolute Gasteiger partial charge is 0.299 e. The quantitative estimate of drug-likeness (QED) is 0.521. The topological polar surface area (TPSA) is 17.1 Å². The van der Waals surface area contributed by atoms with Gasteiger partial charge in [-0.2, -0.15) is 0 Å². The van der Waals surface area contributed by atoms with Crippen LogP contribution in [-0.4, -0.2) is 5.78 Å². The highest BCUT2D eigenvalue weighted by Crippen LogP contribution is 2.15. The summed E-state index contributed by atoms with van der Waals surface area (Å²) in [4.78, 5) is 11.5. The minimum absolute atomic E-state index is 0.105. The average molecular weight is 178 g/mol. The number of Topliss-reactive ketones (excluding diaryl/α,β-unsaturated/α-hetero) is 1. The first-order valence-electron chi connectivity index (χ1n) is 4.61. The van der Waals surface area contributed by atoms with Crippen LogP contribution in [0.25, 0.3) is 0 Å². The Bertz CT molecular complexity index is 191. The van der Waals surface area contributed by atoms with E-state index in [9.17, 15) is 4.79 Å². The second-order valence-corrected chi connectivity index (χ2v) is 3.05. The lowest BCUT2D eigenvalue weighted by Gasteiger charge is -2.10. The minimum Gasteiger partial charge on any atom is -0.299 e. The molecule has 0 aliphatic rings. The molecule has 72 valence electrons. The summed E-state index contributed by atoms with van der Waals surface area (Å²) in [6, 6.07) is 0. The van der Waals surface area contributed by atoms with E-state index >= 15 is 0 Å². The molecular weight excluding hydrogens is 160 g/mol. The Labute approximate surface area is 80.8 Å². The molecule has 0 aliphatic heterocycles. The first-order chi connectivity index (χ1) is 6.26. The number of rotatable bonds is 8. The molecule has 0 radical (unpaired) electrons. The van der Waals surface area contributed by atoms with Crippen molar-refractivity contribution in [3.05, 3.63) is 38.0 Å². The van der Waals surface area contributed by atoms with E-state index in [2.05, 4.69) is 19.7 Å². The Morgan fingerprint density at radius 3 is 2.31 bits per heavy atom. The second kappa shape index (κ2) is 7.53. The Hall–Kier alpha value is -1.11. The van der Waals surface area contributed by atoms with E-state index < -0.39 is 0 Å². The summed E-state index contributed by atoms with van der Waals surface area (Å²) >= 11 is 0. The lowest BCUT2D eigenvalue weighted by Crippen LogP contribution is -2.12. The predicted molar refractivity (Wildman–Crippen MR) is 57.6 cm³/mol. The third-order valence-electron chi connectivity index (χ3n) is 1.97. The van der Waals surface area contributed by atoms with Crippen molar-refractivity contribution in [3.63, 3.8) is 0 Å². The van der Waals surface area contributed by atoms with Gasteiger partial charge in [0.05, 0.1) is 0 Å². The molecule has 13 heavy (non-hydrogen) atoms. The lowest BCUT2D eigenvalue weighted by molar-refractivity contribution is -0.122. The Morgan fingerprint density at radius 1 is 1.15 bits per heavy atom. The number of hydrogen-bond donors (Lipinski definition) is 0. The van der Waals surface area contributed by atoms with Gasteiger partial charge in [-0.15, -0.1) is 19.7 Å². The molecule has 0 aromatic rings. The van der Waals surface area contributed by atoms with Gasteiger partial charge in [0.2, 0.25) is 0 Å². The molecule has 0 aromatic carbocycles. The van der Waals surface area contributed by atoms with E-state index in [4.69, 9.17) is 0 Å². The molecule has 0 saturated heterocycles. The molecule has 0 rings (SSSR count). The van der Waals surface area contributed by atoms with Crippen LogP contribution in [0.4, 0.5) is 0 Å². The van der Waals surface area contributed by atoms with Crippen LogP contribution < -0.4 is 0 Å². The molecule has 1 nitrogen and oxygen atoms in total. The van der Waals surface area contributed by atoms with Gasteiger partial charge in [-0.3, -0.25) is 4.79 Å². The Kier molecular flexibility index (Phi) is 6.89. The van der Waals surface area contributed by atoms with Crippen molar-refractivity contribution in [2.24, 2.45) is 5.92 Å². The van der Waals surface area contributed by atoms with E-state index in [1.807, 2.05) is 6.08 Å². The van der Waals surface area contributed by atoms with Crippen LogP contribution in [0.3, 0.4) is 0 Å². The van der Waals surface area contributed by atoms with Gasteiger partial charge in [0, 0.05) is 12.3 Å². The zero-order chi connectivity index (χ0) is 10.1. The maximum atomic E-state index is 11.5. The number of allylic oxidation sites excluding steroid dienone is 3. The minimum atomic E-state index is 0.105. The van der Waals surface area contributed by atoms with Gasteiger partial charge >= 0.3 is 0 Å². The molecule has 0 fully saturated rings. The van der Waals surface area contributed by atoms with Crippen molar-refractivity contribution >= 4 is 5.78 Å². The van der Waals surface area contributed by atoms with E-state index in [0.29, 0.717) is 6.42 Å². The summed E-state index contributed by atoms with van der Waals surface area (Å²) in [5, 5.41) is 0. The van der Waals surface area contributed by atoms with Gasteiger partial charge in [-0.05, 0) is 19.3 Å². The van der Waals surface area contributed by atoms with E-state index in [1.54, 1.807) is 12.2 Å². The third kappa shape index (κ3) is 5.18. The van der Waals surface area contributed by atoms with E-state index in [1.165, 1.54) is 0 Å². The molecule has 0 saturated carbocycles. The molecule has 0 aliphatic carbocycles. The van der Waals surface area contributed by atoms with Crippen LogP contribution in [0, 0.1) is 5.92 Å². The summed E-state index contributed by atoms with van der Waals surface area (Å²) in [7, 11) is 0. The zero-order valence-corrected chi connectivity index (χ0v) is 8.17. The van der Waals surface area contributed by atoms with Crippen molar-refractivity contribution in [1.82, 2.24) is 0 Å². The van der Waals surface area contributed by atoms with Gasteiger partial charge in [-0.25, -0.2) is 0 Å². The van der Waals surface area contributed by atoms with Gasteiger partial charge in [0.15, 0.2) is 0 Å². The second-order valence-electron chi connectivity index (χ2n) is 3.05. The van der Waals surface area contributed by atoms with Crippen LogP contribution in [0.1, 0.15) is 25.7 Å². The summed E-state index contributed by atoms with van der Waals surface area (Å²) in [6.07, 6.45) is 8.30. The van der Waals surface area contributed by atoms with Crippen molar-refractivity contribution in [2.75, 3.05) is 0 Å². The standard InChI is InChI=1S/C12H18O/c1-4-7-10-11(8-5-2)12(13)9-6-3/h4-6,11H,1-3,7-10H2. The molecule has 0 N–H and O–H groups in total. The van der Waals surface area contributed by atoms with Crippen molar-refractivity contribution in [3.8, 4) is 0 Å². The molecule has 1 heteroatoms. The first kappa shape index (κ1) is 11.9. The molecule has 0 spiro atoms. The predicted octanol–water partition coefficient (Wildman–Crippen LogP) is 3.29. The van der Waals surface area contributed by atoms with Crippen molar-refractivity contribution < 1.29 is 4.79 Å². The molecule has 0 bridgehead atoms.